The summed E-state index contributed by atoms with van der Waals surface area (Å²) in [7, 11) is 0. The first kappa shape index (κ1) is 16.5. The van der Waals surface area contributed by atoms with Crippen LogP contribution in [0.15, 0.2) is 54.7 Å². The monoisotopic (exact) mass is 348 g/mol. The summed E-state index contributed by atoms with van der Waals surface area (Å²) in [5, 5.41) is 8.26. The van der Waals surface area contributed by atoms with Crippen LogP contribution >= 0.6 is 0 Å². The number of aryl methyl sites for hydroxylation is 1. The molecule has 3 aromatic rings. The Morgan fingerprint density at radius 1 is 1.00 bits per heavy atom. The van der Waals surface area contributed by atoms with Gasteiger partial charge in [0, 0.05) is 24.2 Å². The molecule has 1 aromatic heterocycles. The van der Waals surface area contributed by atoms with Crippen molar-refractivity contribution < 1.29 is 9.53 Å². The van der Waals surface area contributed by atoms with Crippen LogP contribution in [-0.4, -0.2) is 52.1 Å². The lowest BCUT2D eigenvalue weighted by Gasteiger charge is -2.26. The molecule has 0 bridgehead atoms. The molecule has 132 valence electrons. The van der Waals surface area contributed by atoms with E-state index in [4.69, 9.17) is 4.74 Å². The van der Waals surface area contributed by atoms with Gasteiger partial charge in [0.1, 0.15) is 0 Å². The minimum Gasteiger partial charge on any atom is -0.378 e. The molecule has 6 nitrogen and oxygen atoms in total. The molecule has 0 saturated carbocycles. The Morgan fingerprint density at radius 2 is 1.69 bits per heavy atom. The molecule has 0 spiro atoms. The summed E-state index contributed by atoms with van der Waals surface area (Å²) in [5.41, 5.74) is 4.72. The SMILES string of the molecule is Cc1ccc(-c2cnnn2-c2ccc(C(=O)N3CCOCC3)cc2)cc1. The molecule has 0 atom stereocenters. The standard InChI is InChI=1S/C20H20N4O2/c1-15-2-4-16(5-3-15)19-14-21-22-24(19)18-8-6-17(7-9-18)20(25)23-10-12-26-13-11-23/h2-9,14H,10-13H2,1H3. The van der Waals surface area contributed by atoms with Crippen molar-refractivity contribution in [1.29, 1.82) is 0 Å². The first-order chi connectivity index (χ1) is 12.7. The number of hydrogen-bond donors (Lipinski definition) is 0. The van der Waals surface area contributed by atoms with Gasteiger partial charge in [-0.1, -0.05) is 35.0 Å². The quantitative estimate of drug-likeness (QED) is 0.730. The van der Waals surface area contributed by atoms with E-state index in [0.717, 1.165) is 16.9 Å². The second-order valence-corrected chi connectivity index (χ2v) is 6.35. The summed E-state index contributed by atoms with van der Waals surface area (Å²) in [6, 6.07) is 15.7. The van der Waals surface area contributed by atoms with Crippen LogP contribution in [-0.2, 0) is 4.74 Å². The largest absolute Gasteiger partial charge is 0.378 e. The third-order valence-corrected chi connectivity index (χ3v) is 4.55. The van der Waals surface area contributed by atoms with Gasteiger partial charge in [-0.3, -0.25) is 4.79 Å². The molecule has 1 saturated heterocycles. The average molecular weight is 348 g/mol. The topological polar surface area (TPSA) is 60.2 Å². The number of hydrogen-bond acceptors (Lipinski definition) is 4. The van der Waals surface area contributed by atoms with E-state index in [2.05, 4.69) is 41.5 Å². The Labute approximate surface area is 152 Å². The molecule has 2 aromatic carbocycles. The molecule has 1 aliphatic rings. The molecule has 26 heavy (non-hydrogen) atoms. The third kappa shape index (κ3) is 3.23. The molecule has 1 fully saturated rings. The Hall–Kier alpha value is -2.99. The van der Waals surface area contributed by atoms with E-state index in [9.17, 15) is 4.79 Å². The number of rotatable bonds is 3. The van der Waals surface area contributed by atoms with E-state index < -0.39 is 0 Å². The van der Waals surface area contributed by atoms with E-state index in [1.54, 1.807) is 10.9 Å². The molecule has 4 rings (SSSR count). The normalized spacial score (nSPS) is 14.4. The van der Waals surface area contributed by atoms with Gasteiger partial charge in [-0.25, -0.2) is 4.68 Å². The van der Waals surface area contributed by atoms with Crippen molar-refractivity contribution in [3.8, 4) is 16.9 Å². The molecular weight excluding hydrogens is 328 g/mol. The van der Waals surface area contributed by atoms with E-state index in [1.807, 2.05) is 29.2 Å². The maximum Gasteiger partial charge on any atom is 0.254 e. The van der Waals surface area contributed by atoms with Gasteiger partial charge in [0.2, 0.25) is 0 Å². The zero-order valence-corrected chi connectivity index (χ0v) is 14.6. The highest BCUT2D eigenvalue weighted by Gasteiger charge is 2.18. The van der Waals surface area contributed by atoms with Crippen molar-refractivity contribution in [2.75, 3.05) is 26.3 Å². The van der Waals surface area contributed by atoms with Crippen molar-refractivity contribution in [3.63, 3.8) is 0 Å². The summed E-state index contributed by atoms with van der Waals surface area (Å²) in [6.07, 6.45) is 1.75. The Bertz CT molecular complexity index is 894. The van der Waals surface area contributed by atoms with Crippen molar-refractivity contribution >= 4 is 5.91 Å². The van der Waals surface area contributed by atoms with Gasteiger partial charge >= 0.3 is 0 Å². The van der Waals surface area contributed by atoms with Crippen molar-refractivity contribution in [3.05, 3.63) is 65.9 Å². The van der Waals surface area contributed by atoms with E-state index in [0.29, 0.717) is 31.9 Å². The van der Waals surface area contributed by atoms with Crippen molar-refractivity contribution in [1.82, 2.24) is 19.9 Å². The molecule has 1 amide bonds. The maximum atomic E-state index is 12.6. The Morgan fingerprint density at radius 3 is 2.38 bits per heavy atom. The van der Waals surface area contributed by atoms with E-state index >= 15 is 0 Å². The fourth-order valence-electron chi connectivity index (χ4n) is 3.04. The fraction of sp³-hybridized carbons (Fsp3) is 0.250. The zero-order chi connectivity index (χ0) is 17.9. The van der Waals surface area contributed by atoms with Crippen LogP contribution in [0.3, 0.4) is 0 Å². The first-order valence-corrected chi connectivity index (χ1v) is 8.67. The van der Waals surface area contributed by atoms with Crippen LogP contribution in [0.5, 0.6) is 0 Å². The maximum absolute atomic E-state index is 12.6. The van der Waals surface area contributed by atoms with Crippen LogP contribution in [0.2, 0.25) is 0 Å². The second kappa shape index (κ2) is 7.09. The molecule has 2 heterocycles. The van der Waals surface area contributed by atoms with Crippen LogP contribution in [0, 0.1) is 6.92 Å². The van der Waals surface area contributed by atoms with Gasteiger partial charge < -0.3 is 9.64 Å². The number of morpholine rings is 1. The smallest absolute Gasteiger partial charge is 0.254 e. The van der Waals surface area contributed by atoms with Gasteiger partial charge in [0.25, 0.3) is 5.91 Å². The average Bonchev–Trinajstić information content (AvgIpc) is 3.19. The molecule has 0 aliphatic carbocycles. The third-order valence-electron chi connectivity index (χ3n) is 4.55. The van der Waals surface area contributed by atoms with Gasteiger partial charge in [-0.05, 0) is 31.2 Å². The highest BCUT2D eigenvalue weighted by Crippen LogP contribution is 2.22. The summed E-state index contributed by atoms with van der Waals surface area (Å²) < 4.78 is 7.09. The lowest BCUT2D eigenvalue weighted by molar-refractivity contribution is 0.0303. The number of carbonyl (C=O) groups is 1. The van der Waals surface area contributed by atoms with Gasteiger partial charge in [-0.15, -0.1) is 5.10 Å². The lowest BCUT2D eigenvalue weighted by Crippen LogP contribution is -2.40. The highest BCUT2D eigenvalue weighted by molar-refractivity contribution is 5.94. The minimum absolute atomic E-state index is 0.0391. The molecule has 1 aliphatic heterocycles. The van der Waals surface area contributed by atoms with E-state index in [1.165, 1.54) is 5.56 Å². The molecule has 0 N–H and O–H groups in total. The lowest BCUT2D eigenvalue weighted by atomic mass is 10.1. The van der Waals surface area contributed by atoms with Crippen LogP contribution < -0.4 is 0 Å². The number of ether oxygens (including phenoxy) is 1. The van der Waals surface area contributed by atoms with Gasteiger partial charge in [0.15, 0.2) is 0 Å². The van der Waals surface area contributed by atoms with Crippen LogP contribution in [0.1, 0.15) is 15.9 Å². The van der Waals surface area contributed by atoms with Crippen LogP contribution in [0.4, 0.5) is 0 Å². The summed E-state index contributed by atoms with van der Waals surface area (Å²) >= 11 is 0. The molecule has 0 unspecified atom stereocenters. The highest BCUT2D eigenvalue weighted by atomic mass is 16.5. The van der Waals surface area contributed by atoms with Crippen LogP contribution in [0.25, 0.3) is 16.9 Å². The fourth-order valence-corrected chi connectivity index (χ4v) is 3.04. The Kier molecular flexibility index (Phi) is 4.50. The number of aromatic nitrogens is 3. The predicted octanol–water partition coefficient (Wildman–Crippen LogP) is 2.72. The van der Waals surface area contributed by atoms with Gasteiger partial charge in [0.05, 0.1) is 30.8 Å². The molecule has 6 heteroatoms. The summed E-state index contributed by atoms with van der Waals surface area (Å²) in [4.78, 5) is 14.4. The molecular formula is C20H20N4O2. The zero-order valence-electron chi connectivity index (χ0n) is 14.6. The molecule has 0 radical (unpaired) electrons. The Balaban J connectivity index is 1.59. The number of carbonyl (C=O) groups excluding carboxylic acids is 1. The van der Waals surface area contributed by atoms with Crippen molar-refractivity contribution in [2.24, 2.45) is 0 Å². The number of nitrogens with zero attached hydrogens (tertiary/aromatic N) is 4. The predicted molar refractivity (Wildman–Crippen MR) is 98.3 cm³/mol. The number of amides is 1. The summed E-state index contributed by atoms with van der Waals surface area (Å²) in [5.74, 6) is 0.0391. The first-order valence-electron chi connectivity index (χ1n) is 8.67. The number of benzene rings is 2. The van der Waals surface area contributed by atoms with Gasteiger partial charge in [-0.2, -0.15) is 0 Å². The van der Waals surface area contributed by atoms with E-state index in [-0.39, 0.29) is 5.91 Å². The minimum atomic E-state index is 0.0391. The second-order valence-electron chi connectivity index (χ2n) is 6.35. The van der Waals surface area contributed by atoms with Crippen molar-refractivity contribution in [2.45, 2.75) is 6.92 Å². The summed E-state index contributed by atoms with van der Waals surface area (Å²) in [6.45, 7) is 4.54.